The summed E-state index contributed by atoms with van der Waals surface area (Å²) in [4.78, 5) is 5.04. The van der Waals surface area contributed by atoms with Gasteiger partial charge in [-0.2, -0.15) is 0 Å². The molecule has 0 saturated carbocycles. The molecule has 1 fully saturated rings. The fraction of sp³-hybridized carbons (Fsp3) is 0.412. The lowest BCUT2D eigenvalue weighted by atomic mass is 10.1. The highest BCUT2D eigenvalue weighted by Crippen LogP contribution is 2.39. The summed E-state index contributed by atoms with van der Waals surface area (Å²) in [6.45, 7) is 6.77. The van der Waals surface area contributed by atoms with Crippen LogP contribution in [0.1, 0.15) is 37.5 Å². The maximum Gasteiger partial charge on any atom is 0.0554 e. The molecule has 1 saturated heterocycles. The van der Waals surface area contributed by atoms with Crippen molar-refractivity contribution in [2.45, 2.75) is 32.6 Å². The molecule has 0 bridgehead atoms. The maximum absolute atomic E-state index is 6.36. The molecule has 3 rings (SSSR count). The number of benzene rings is 1. The molecule has 0 radical (unpaired) electrons. The van der Waals surface area contributed by atoms with Gasteiger partial charge in [-0.25, -0.2) is 0 Å². The van der Waals surface area contributed by atoms with Crippen LogP contribution in [0.15, 0.2) is 30.3 Å². The Morgan fingerprint density at radius 1 is 1.15 bits per heavy atom. The number of thiophene rings is 1. The molecule has 0 aliphatic carbocycles. The van der Waals surface area contributed by atoms with Gasteiger partial charge in [-0.1, -0.05) is 37.6 Å². The average molecular weight is 306 g/mol. The summed E-state index contributed by atoms with van der Waals surface area (Å²) < 4.78 is 0. The summed E-state index contributed by atoms with van der Waals surface area (Å²) in [6, 6.07) is 11.0. The largest absolute Gasteiger partial charge is 0.372 e. The van der Waals surface area contributed by atoms with Crippen molar-refractivity contribution in [1.29, 1.82) is 0 Å². The van der Waals surface area contributed by atoms with E-state index < -0.39 is 0 Å². The highest BCUT2D eigenvalue weighted by Gasteiger charge is 2.15. The highest BCUT2D eigenvalue weighted by atomic mass is 35.5. The lowest BCUT2D eigenvalue weighted by molar-refractivity contribution is 0.890. The van der Waals surface area contributed by atoms with Crippen molar-refractivity contribution in [2.24, 2.45) is 0 Å². The molecule has 0 unspecified atom stereocenters. The number of rotatable bonds is 3. The molecule has 2 heterocycles. The Kier molecular flexibility index (Phi) is 4.04. The van der Waals surface area contributed by atoms with E-state index in [2.05, 4.69) is 49.1 Å². The molecule has 0 spiro atoms. The Balaban J connectivity index is 1.93. The molecule has 1 nitrogen and oxygen atoms in total. The third-order valence-corrected chi connectivity index (χ3v) is 5.75. The second-order valence-electron chi connectivity index (χ2n) is 5.72. The van der Waals surface area contributed by atoms with Crippen LogP contribution in [-0.2, 0) is 0 Å². The molecule has 2 aromatic rings. The first-order valence-corrected chi connectivity index (χ1v) is 8.49. The van der Waals surface area contributed by atoms with Gasteiger partial charge in [0.15, 0.2) is 0 Å². The summed E-state index contributed by atoms with van der Waals surface area (Å²) in [5, 5.41) is 0.909. The Labute approximate surface area is 130 Å². The first kappa shape index (κ1) is 14.0. The number of nitrogens with zero attached hydrogens (tertiary/aromatic N) is 1. The Morgan fingerprint density at radius 3 is 2.55 bits per heavy atom. The van der Waals surface area contributed by atoms with Gasteiger partial charge in [-0.15, -0.1) is 11.3 Å². The van der Waals surface area contributed by atoms with Crippen LogP contribution in [0.5, 0.6) is 0 Å². The normalized spacial score (nSPS) is 15.3. The van der Waals surface area contributed by atoms with E-state index in [0.29, 0.717) is 5.92 Å². The fourth-order valence-electron chi connectivity index (χ4n) is 2.75. The van der Waals surface area contributed by atoms with Gasteiger partial charge in [0, 0.05) is 28.5 Å². The molecule has 3 heteroatoms. The minimum atomic E-state index is 0.489. The van der Waals surface area contributed by atoms with Gasteiger partial charge in [0.25, 0.3) is 0 Å². The fourth-order valence-corrected chi connectivity index (χ4v) is 4.31. The lowest BCUT2D eigenvalue weighted by Gasteiger charge is -2.18. The van der Waals surface area contributed by atoms with E-state index in [1.807, 2.05) is 11.3 Å². The molecule has 1 aromatic heterocycles. The third-order valence-electron chi connectivity index (χ3n) is 3.84. The molecule has 0 amide bonds. The molecular weight excluding hydrogens is 286 g/mol. The molecule has 0 N–H and O–H groups in total. The van der Waals surface area contributed by atoms with Crippen LogP contribution in [0.4, 0.5) is 5.69 Å². The summed E-state index contributed by atoms with van der Waals surface area (Å²) >= 11 is 8.18. The minimum absolute atomic E-state index is 0.489. The van der Waals surface area contributed by atoms with Crippen molar-refractivity contribution in [3.63, 3.8) is 0 Å². The van der Waals surface area contributed by atoms with Gasteiger partial charge >= 0.3 is 0 Å². The topological polar surface area (TPSA) is 3.24 Å². The predicted molar refractivity (Wildman–Crippen MR) is 90.3 cm³/mol. The van der Waals surface area contributed by atoms with E-state index in [9.17, 15) is 0 Å². The molecule has 1 aliphatic heterocycles. The van der Waals surface area contributed by atoms with Crippen LogP contribution < -0.4 is 4.90 Å². The Hall–Kier alpha value is -0.990. The molecule has 1 aromatic carbocycles. The third kappa shape index (κ3) is 2.72. The molecule has 0 atom stereocenters. The smallest absolute Gasteiger partial charge is 0.0554 e. The highest BCUT2D eigenvalue weighted by molar-refractivity contribution is 7.16. The molecule has 20 heavy (non-hydrogen) atoms. The van der Waals surface area contributed by atoms with Gasteiger partial charge in [-0.05, 0) is 42.5 Å². The second kappa shape index (κ2) is 5.79. The maximum atomic E-state index is 6.36. The summed E-state index contributed by atoms with van der Waals surface area (Å²) in [5.41, 5.74) is 2.63. The van der Waals surface area contributed by atoms with Crippen molar-refractivity contribution in [3.8, 4) is 10.4 Å². The first-order valence-electron chi connectivity index (χ1n) is 7.30. The van der Waals surface area contributed by atoms with E-state index in [0.717, 1.165) is 5.02 Å². The Bertz CT molecular complexity index is 597. The van der Waals surface area contributed by atoms with Crippen LogP contribution in [0.2, 0.25) is 5.02 Å². The van der Waals surface area contributed by atoms with Gasteiger partial charge in [0.05, 0.1) is 5.02 Å². The van der Waals surface area contributed by atoms with Gasteiger partial charge in [0.2, 0.25) is 0 Å². The number of anilines is 1. The van der Waals surface area contributed by atoms with E-state index in [1.165, 1.54) is 46.9 Å². The monoisotopic (exact) mass is 305 g/mol. The zero-order chi connectivity index (χ0) is 14.1. The number of hydrogen-bond donors (Lipinski definition) is 0. The standard InChI is InChI=1S/C17H20ClNS/c1-12(2)17-15(18)11-16(20-17)13-6-5-7-14(10-13)19-8-3-4-9-19/h5-7,10-12H,3-4,8-9H2,1-2H3. The van der Waals surface area contributed by atoms with Gasteiger partial charge in [0.1, 0.15) is 0 Å². The molecular formula is C17H20ClNS. The van der Waals surface area contributed by atoms with Crippen molar-refractivity contribution in [2.75, 3.05) is 18.0 Å². The number of hydrogen-bond acceptors (Lipinski definition) is 2. The van der Waals surface area contributed by atoms with Gasteiger partial charge in [-0.3, -0.25) is 0 Å². The Morgan fingerprint density at radius 2 is 1.90 bits per heavy atom. The lowest BCUT2D eigenvalue weighted by Crippen LogP contribution is -2.17. The van der Waals surface area contributed by atoms with Crippen molar-refractivity contribution in [1.82, 2.24) is 0 Å². The van der Waals surface area contributed by atoms with Crippen molar-refractivity contribution < 1.29 is 0 Å². The predicted octanol–water partition coefficient (Wildman–Crippen LogP) is 5.79. The quantitative estimate of drug-likeness (QED) is 0.693. The number of halogens is 1. The molecule has 1 aliphatic rings. The van der Waals surface area contributed by atoms with Crippen molar-refractivity contribution in [3.05, 3.63) is 40.2 Å². The summed E-state index contributed by atoms with van der Waals surface area (Å²) in [6.07, 6.45) is 2.62. The summed E-state index contributed by atoms with van der Waals surface area (Å²) in [5.74, 6) is 0.489. The van der Waals surface area contributed by atoms with Crippen LogP contribution in [0.3, 0.4) is 0 Å². The SMILES string of the molecule is CC(C)c1sc(-c2cccc(N3CCCC3)c2)cc1Cl. The van der Waals surface area contributed by atoms with E-state index >= 15 is 0 Å². The van der Waals surface area contributed by atoms with E-state index in [4.69, 9.17) is 11.6 Å². The zero-order valence-electron chi connectivity index (χ0n) is 12.0. The minimum Gasteiger partial charge on any atom is -0.372 e. The first-order chi connectivity index (χ1) is 9.65. The van der Waals surface area contributed by atoms with Crippen LogP contribution in [-0.4, -0.2) is 13.1 Å². The zero-order valence-corrected chi connectivity index (χ0v) is 13.6. The van der Waals surface area contributed by atoms with E-state index in [-0.39, 0.29) is 0 Å². The molecule has 106 valence electrons. The van der Waals surface area contributed by atoms with Crippen LogP contribution >= 0.6 is 22.9 Å². The van der Waals surface area contributed by atoms with Crippen molar-refractivity contribution >= 4 is 28.6 Å². The van der Waals surface area contributed by atoms with Crippen LogP contribution in [0, 0.1) is 0 Å². The van der Waals surface area contributed by atoms with E-state index in [1.54, 1.807) is 0 Å². The average Bonchev–Trinajstić information content (AvgIpc) is 3.08. The summed E-state index contributed by atoms with van der Waals surface area (Å²) in [7, 11) is 0. The second-order valence-corrected chi connectivity index (χ2v) is 7.21. The van der Waals surface area contributed by atoms with Gasteiger partial charge < -0.3 is 4.90 Å². The van der Waals surface area contributed by atoms with Crippen LogP contribution in [0.25, 0.3) is 10.4 Å².